The first kappa shape index (κ1) is 14.6. The van der Waals surface area contributed by atoms with E-state index in [1.165, 1.54) is 22.3 Å². The van der Waals surface area contributed by atoms with Crippen LogP contribution in [-0.4, -0.2) is 0 Å². The van der Waals surface area contributed by atoms with Gasteiger partial charge in [-0.05, 0) is 28.2 Å². The Hall–Kier alpha value is -2.28. The van der Waals surface area contributed by atoms with E-state index in [1.807, 2.05) is 6.07 Å². The smallest absolute Gasteiger partial charge is 0.115 e. The van der Waals surface area contributed by atoms with E-state index in [4.69, 9.17) is 4.42 Å². The number of benzene rings is 2. The van der Waals surface area contributed by atoms with E-state index in [0.29, 0.717) is 0 Å². The van der Waals surface area contributed by atoms with Crippen molar-refractivity contribution in [1.82, 2.24) is 0 Å². The zero-order valence-corrected chi connectivity index (χ0v) is 13.5. The topological polar surface area (TPSA) is 13.1 Å². The molecule has 0 bridgehead atoms. The molecule has 112 valence electrons. The van der Waals surface area contributed by atoms with Gasteiger partial charge < -0.3 is 4.42 Å². The number of hydrogen-bond donors (Lipinski definition) is 0. The Morgan fingerprint density at radius 1 is 0.818 bits per heavy atom. The van der Waals surface area contributed by atoms with Crippen LogP contribution in [0.4, 0.5) is 0 Å². The van der Waals surface area contributed by atoms with E-state index >= 15 is 0 Å². The van der Waals surface area contributed by atoms with Crippen LogP contribution in [-0.2, 0) is 11.8 Å². The molecule has 0 radical (unpaired) electrons. The largest absolute Gasteiger partial charge is 0.468 e. The fourth-order valence-electron chi connectivity index (χ4n) is 2.67. The van der Waals surface area contributed by atoms with Gasteiger partial charge in [0.25, 0.3) is 0 Å². The van der Waals surface area contributed by atoms with Gasteiger partial charge in [-0.2, -0.15) is 0 Å². The van der Waals surface area contributed by atoms with Crippen LogP contribution in [0.2, 0.25) is 0 Å². The summed E-state index contributed by atoms with van der Waals surface area (Å²) < 4.78 is 5.72. The molecule has 0 unspecified atom stereocenters. The van der Waals surface area contributed by atoms with Gasteiger partial charge in [-0.15, -0.1) is 0 Å². The minimum Gasteiger partial charge on any atom is -0.468 e. The molecule has 0 saturated carbocycles. The third-order valence-corrected chi connectivity index (χ3v) is 4.01. The third kappa shape index (κ3) is 3.14. The molecule has 0 amide bonds. The van der Waals surface area contributed by atoms with Gasteiger partial charge in [-0.3, -0.25) is 0 Å². The van der Waals surface area contributed by atoms with Crippen LogP contribution < -0.4 is 0 Å². The highest BCUT2D eigenvalue weighted by atomic mass is 16.3. The first-order valence-corrected chi connectivity index (χ1v) is 7.75. The number of furan rings is 1. The highest BCUT2D eigenvalue weighted by molar-refractivity contribution is 5.66. The van der Waals surface area contributed by atoms with Crippen LogP contribution in [0.1, 0.15) is 37.7 Å². The Kier molecular flexibility index (Phi) is 3.89. The molecule has 1 nitrogen and oxygen atoms in total. The van der Waals surface area contributed by atoms with Crippen LogP contribution in [0.3, 0.4) is 0 Å². The minimum absolute atomic E-state index is 0.182. The lowest BCUT2D eigenvalue weighted by molar-refractivity contribution is 0.522. The number of hydrogen-bond acceptors (Lipinski definition) is 1. The maximum absolute atomic E-state index is 5.72. The van der Waals surface area contributed by atoms with E-state index in [-0.39, 0.29) is 5.41 Å². The van der Waals surface area contributed by atoms with Crippen LogP contribution in [0.25, 0.3) is 11.1 Å². The van der Waals surface area contributed by atoms with Crippen molar-refractivity contribution in [1.29, 1.82) is 0 Å². The van der Waals surface area contributed by atoms with Crippen molar-refractivity contribution in [2.75, 3.05) is 0 Å². The minimum atomic E-state index is 0.182. The summed E-state index contributed by atoms with van der Waals surface area (Å²) in [6.45, 7) is 6.71. The molecule has 0 aliphatic carbocycles. The Balaban J connectivity index is 1.89. The second-order valence-corrected chi connectivity index (χ2v) is 6.75. The van der Waals surface area contributed by atoms with Crippen molar-refractivity contribution in [3.8, 4) is 11.1 Å². The van der Waals surface area contributed by atoms with Gasteiger partial charge in [0.2, 0.25) is 0 Å². The molecule has 0 saturated heterocycles. The number of rotatable bonds is 3. The quantitative estimate of drug-likeness (QED) is 0.591. The Morgan fingerprint density at radius 2 is 1.50 bits per heavy atom. The Morgan fingerprint density at radius 3 is 2.14 bits per heavy atom. The molecular formula is C21H22O. The van der Waals surface area contributed by atoms with E-state index in [2.05, 4.69) is 75.4 Å². The lowest BCUT2D eigenvalue weighted by atomic mass is 9.86. The molecule has 0 spiro atoms. The van der Waals surface area contributed by atoms with Crippen LogP contribution in [0.5, 0.6) is 0 Å². The van der Waals surface area contributed by atoms with Crippen LogP contribution in [0, 0.1) is 0 Å². The summed E-state index contributed by atoms with van der Waals surface area (Å²) in [5.41, 5.74) is 5.20. The molecular weight excluding hydrogens is 268 g/mol. The summed E-state index contributed by atoms with van der Waals surface area (Å²) in [7, 11) is 0. The van der Waals surface area contributed by atoms with Crippen molar-refractivity contribution in [3.05, 3.63) is 83.8 Å². The first-order chi connectivity index (χ1) is 10.5. The molecule has 1 heteroatoms. The molecule has 1 heterocycles. The summed E-state index contributed by atoms with van der Waals surface area (Å²) in [6.07, 6.45) is 2.61. The van der Waals surface area contributed by atoms with Gasteiger partial charge in [0.05, 0.1) is 6.26 Å². The predicted octanol–water partition coefficient (Wildman–Crippen LogP) is 5.83. The Labute approximate surface area is 132 Å². The van der Waals surface area contributed by atoms with Gasteiger partial charge in [-0.1, -0.05) is 75.4 Å². The molecule has 3 aromatic rings. The normalized spacial score (nSPS) is 11.6. The molecule has 0 aliphatic rings. The highest BCUT2D eigenvalue weighted by Crippen LogP contribution is 2.29. The van der Waals surface area contributed by atoms with Gasteiger partial charge in [0.1, 0.15) is 5.76 Å². The summed E-state index contributed by atoms with van der Waals surface area (Å²) in [6, 6.07) is 21.3. The maximum Gasteiger partial charge on any atom is 0.115 e. The van der Waals surface area contributed by atoms with Crippen molar-refractivity contribution >= 4 is 0 Å². The van der Waals surface area contributed by atoms with Crippen molar-refractivity contribution < 1.29 is 4.42 Å². The molecule has 0 atom stereocenters. The summed E-state index contributed by atoms with van der Waals surface area (Å²) >= 11 is 0. The zero-order valence-electron chi connectivity index (χ0n) is 13.5. The van der Waals surface area contributed by atoms with E-state index in [1.54, 1.807) is 6.26 Å². The monoisotopic (exact) mass is 290 g/mol. The lowest BCUT2D eigenvalue weighted by Gasteiger charge is -2.19. The SMILES string of the molecule is CC(C)(C)c1ccc(-c2ccoc2Cc2ccccc2)cc1. The van der Waals surface area contributed by atoms with Crippen LogP contribution >= 0.6 is 0 Å². The average molecular weight is 290 g/mol. The molecule has 22 heavy (non-hydrogen) atoms. The lowest BCUT2D eigenvalue weighted by Crippen LogP contribution is -2.10. The standard InChI is InChI=1S/C21H22O/c1-21(2,3)18-11-9-17(10-12-18)19-13-14-22-20(19)15-16-7-5-4-6-8-16/h4-14H,15H2,1-3H3. The second-order valence-electron chi connectivity index (χ2n) is 6.75. The molecule has 0 aliphatic heterocycles. The molecule has 3 rings (SSSR count). The van der Waals surface area contributed by atoms with Gasteiger partial charge in [0.15, 0.2) is 0 Å². The van der Waals surface area contributed by atoms with E-state index in [9.17, 15) is 0 Å². The van der Waals surface area contributed by atoms with Gasteiger partial charge in [0, 0.05) is 12.0 Å². The van der Waals surface area contributed by atoms with Crippen molar-refractivity contribution in [2.24, 2.45) is 0 Å². The third-order valence-electron chi connectivity index (χ3n) is 4.01. The Bertz CT molecular complexity index is 728. The highest BCUT2D eigenvalue weighted by Gasteiger charge is 2.14. The summed E-state index contributed by atoms with van der Waals surface area (Å²) in [5, 5.41) is 0. The first-order valence-electron chi connectivity index (χ1n) is 7.75. The van der Waals surface area contributed by atoms with Crippen LogP contribution in [0.15, 0.2) is 71.3 Å². The summed E-state index contributed by atoms with van der Waals surface area (Å²) in [4.78, 5) is 0. The van der Waals surface area contributed by atoms with Gasteiger partial charge in [-0.25, -0.2) is 0 Å². The zero-order chi connectivity index (χ0) is 15.6. The van der Waals surface area contributed by atoms with Gasteiger partial charge >= 0.3 is 0 Å². The predicted molar refractivity (Wildman–Crippen MR) is 92.1 cm³/mol. The molecule has 0 N–H and O–H groups in total. The molecule has 1 aromatic heterocycles. The average Bonchev–Trinajstić information content (AvgIpc) is 2.96. The second kappa shape index (κ2) is 5.84. The maximum atomic E-state index is 5.72. The molecule has 0 fully saturated rings. The fourth-order valence-corrected chi connectivity index (χ4v) is 2.67. The van der Waals surface area contributed by atoms with E-state index in [0.717, 1.165) is 12.2 Å². The fraction of sp³-hybridized carbons (Fsp3) is 0.238. The van der Waals surface area contributed by atoms with Crippen molar-refractivity contribution in [2.45, 2.75) is 32.6 Å². The molecule has 2 aromatic carbocycles. The summed E-state index contributed by atoms with van der Waals surface area (Å²) in [5.74, 6) is 1.02. The van der Waals surface area contributed by atoms with Crippen molar-refractivity contribution in [3.63, 3.8) is 0 Å². The van der Waals surface area contributed by atoms with E-state index < -0.39 is 0 Å².